The number of rotatable bonds is 26. The van der Waals surface area contributed by atoms with Gasteiger partial charge in [-0.3, -0.25) is 0 Å². The standard InChI is InChI=1S/C61H73N3O11Si/c1-61(2,3)76(5,6)75-59-53(63-64-62)56(69-39-47-28-18-10-19-29-47)54(67-37-45-24-14-8-15-25-45)52(73-59)43-72-60-58(71-41-49-32-34-50(65-4)35-33-49)57(70-40-48-30-20-11-21-31-48)55(68-38-46-26-16-9-17-27-46)51(74-60)42-66-36-44-22-12-7-13-23-44/h7-35,51-60H,36-43H2,1-6H3/t51-,52-,53-,54-,55+,56-,57+,58-,59+,60+/m1/s1. The van der Waals surface area contributed by atoms with Gasteiger partial charge in [-0.2, -0.15) is 0 Å². The molecule has 0 amide bonds. The summed E-state index contributed by atoms with van der Waals surface area (Å²) in [5, 5.41) is 4.14. The lowest BCUT2D eigenvalue weighted by molar-refractivity contribution is -0.340. The minimum absolute atomic E-state index is 0.0867. The van der Waals surface area contributed by atoms with Gasteiger partial charge in [-0.05, 0) is 69.2 Å². The first kappa shape index (κ1) is 56.5. The summed E-state index contributed by atoms with van der Waals surface area (Å²) in [4.78, 5) is 3.34. The molecule has 2 heterocycles. The first-order chi connectivity index (χ1) is 37.0. The number of azide groups is 1. The van der Waals surface area contributed by atoms with E-state index in [2.05, 4.69) is 43.9 Å². The normalized spacial score (nSPS) is 23.9. The Morgan fingerprint density at radius 3 is 1.29 bits per heavy atom. The van der Waals surface area contributed by atoms with Crippen molar-refractivity contribution in [3.05, 3.63) is 220 Å². The number of nitrogens with zero attached hydrogens (tertiary/aromatic N) is 3. The molecule has 15 heteroatoms. The molecular formula is C61H73N3O11Si. The third-order valence-corrected chi connectivity index (χ3v) is 18.6. The molecule has 2 fully saturated rings. The predicted octanol–water partition coefficient (Wildman–Crippen LogP) is 12.3. The van der Waals surface area contributed by atoms with Crippen molar-refractivity contribution in [3.63, 3.8) is 0 Å². The molecule has 2 saturated heterocycles. The molecule has 0 unspecified atom stereocenters. The van der Waals surface area contributed by atoms with Gasteiger partial charge in [0.1, 0.15) is 54.5 Å². The lowest BCUT2D eigenvalue weighted by Gasteiger charge is -2.49. The van der Waals surface area contributed by atoms with Crippen LogP contribution in [0.2, 0.25) is 18.1 Å². The predicted molar refractivity (Wildman–Crippen MR) is 292 cm³/mol. The zero-order valence-electron chi connectivity index (χ0n) is 44.5. The summed E-state index contributed by atoms with van der Waals surface area (Å²) in [6.07, 6.45) is -7.65. The van der Waals surface area contributed by atoms with E-state index in [0.29, 0.717) is 6.61 Å². The third kappa shape index (κ3) is 15.9. The highest BCUT2D eigenvalue weighted by atomic mass is 28.4. The minimum Gasteiger partial charge on any atom is -0.497 e. The first-order valence-corrected chi connectivity index (χ1v) is 29.0. The summed E-state index contributed by atoms with van der Waals surface area (Å²) < 4.78 is 75.1. The zero-order valence-corrected chi connectivity index (χ0v) is 45.5. The maximum atomic E-state index is 10.2. The van der Waals surface area contributed by atoms with Crippen molar-refractivity contribution in [2.24, 2.45) is 5.11 Å². The van der Waals surface area contributed by atoms with Crippen LogP contribution in [0.25, 0.3) is 10.4 Å². The fraction of sp³-hybridized carbons (Fsp3) is 0.410. The molecule has 0 N–H and O–H groups in total. The van der Waals surface area contributed by atoms with Crippen LogP contribution in [-0.2, 0) is 86.7 Å². The Kier molecular flexibility index (Phi) is 20.8. The molecule has 0 radical (unpaired) electrons. The van der Waals surface area contributed by atoms with Gasteiger partial charge in [0.15, 0.2) is 20.9 Å². The van der Waals surface area contributed by atoms with E-state index in [1.54, 1.807) is 7.11 Å². The van der Waals surface area contributed by atoms with Gasteiger partial charge >= 0.3 is 0 Å². The molecule has 6 aromatic rings. The van der Waals surface area contributed by atoms with Crippen LogP contribution in [0, 0.1) is 0 Å². The lowest BCUT2D eigenvalue weighted by Crippen LogP contribution is -2.64. The monoisotopic (exact) mass is 1050 g/mol. The molecular weight excluding hydrogens is 979 g/mol. The number of methoxy groups -OCH3 is 1. The zero-order chi connectivity index (χ0) is 53.2. The molecule has 0 aliphatic carbocycles. The van der Waals surface area contributed by atoms with E-state index in [9.17, 15) is 5.53 Å². The molecule has 0 saturated carbocycles. The van der Waals surface area contributed by atoms with Gasteiger partial charge in [-0.25, -0.2) is 0 Å². The summed E-state index contributed by atoms with van der Waals surface area (Å²) in [6, 6.07) is 56.6. The highest BCUT2D eigenvalue weighted by Crippen LogP contribution is 2.41. The largest absolute Gasteiger partial charge is 0.497 e. The van der Waals surface area contributed by atoms with Crippen LogP contribution < -0.4 is 4.74 Å². The van der Waals surface area contributed by atoms with Crippen LogP contribution >= 0.6 is 0 Å². The molecule has 402 valence electrons. The minimum atomic E-state index is -2.59. The lowest BCUT2D eigenvalue weighted by atomic mass is 9.96. The molecule has 14 nitrogen and oxygen atoms in total. The fourth-order valence-electron chi connectivity index (χ4n) is 8.92. The number of hydrogen-bond donors (Lipinski definition) is 0. The van der Waals surface area contributed by atoms with Gasteiger partial charge < -0.3 is 51.8 Å². The van der Waals surface area contributed by atoms with E-state index in [-0.39, 0.29) is 51.3 Å². The molecule has 2 aliphatic heterocycles. The summed E-state index contributed by atoms with van der Waals surface area (Å²) in [7, 11) is -0.954. The van der Waals surface area contributed by atoms with Crippen LogP contribution in [0.4, 0.5) is 0 Å². The summed E-state index contributed by atoms with van der Waals surface area (Å²) in [5.74, 6) is 0.726. The second kappa shape index (κ2) is 28.0. The third-order valence-electron chi connectivity index (χ3n) is 14.2. The van der Waals surface area contributed by atoms with Crippen molar-refractivity contribution >= 4 is 8.32 Å². The molecule has 8 rings (SSSR count). The SMILES string of the molecule is COc1ccc(CO[C@H]2[C@@H](OC[C@H]3O[C@@H](O[Si](C)(C)C(C)(C)C)[C@H](N=[N+]=[N-])[C@@H](OCc4ccccc4)[C@@H]3OCc3ccccc3)O[C@H](COCc3ccccc3)[C@H](OCc3ccccc3)[C@@H]2OCc2ccccc2)cc1. The molecule has 2 aliphatic rings. The van der Waals surface area contributed by atoms with Gasteiger partial charge in [-0.1, -0.05) is 190 Å². The number of ether oxygens (including phenoxy) is 10. The average Bonchev–Trinajstić information content (AvgIpc) is 3.45. The van der Waals surface area contributed by atoms with Crippen molar-refractivity contribution < 1.29 is 51.8 Å². The summed E-state index contributed by atoms with van der Waals surface area (Å²) in [6.45, 7) is 12.2. The van der Waals surface area contributed by atoms with E-state index in [4.69, 9.17) is 51.8 Å². The molecule has 0 bridgehead atoms. The summed E-state index contributed by atoms with van der Waals surface area (Å²) >= 11 is 0. The molecule has 76 heavy (non-hydrogen) atoms. The Labute approximate surface area is 449 Å². The van der Waals surface area contributed by atoms with Crippen molar-refractivity contribution in [3.8, 4) is 5.75 Å². The van der Waals surface area contributed by atoms with Gasteiger partial charge in [0, 0.05) is 4.91 Å². The Balaban J connectivity index is 1.18. The van der Waals surface area contributed by atoms with E-state index < -0.39 is 69.7 Å². The maximum Gasteiger partial charge on any atom is 0.195 e. The van der Waals surface area contributed by atoms with Gasteiger partial charge in [0.2, 0.25) is 0 Å². The molecule has 6 aromatic carbocycles. The van der Waals surface area contributed by atoms with Crippen LogP contribution in [0.5, 0.6) is 5.75 Å². The second-order valence-corrected chi connectivity index (χ2v) is 25.4. The molecule has 0 spiro atoms. The Morgan fingerprint density at radius 2 is 0.842 bits per heavy atom. The topological polar surface area (TPSA) is 150 Å². The second-order valence-electron chi connectivity index (χ2n) is 20.7. The first-order valence-electron chi connectivity index (χ1n) is 26.1. The van der Waals surface area contributed by atoms with E-state index in [0.717, 1.165) is 39.1 Å². The number of benzene rings is 6. The smallest absolute Gasteiger partial charge is 0.195 e. The molecule has 0 aromatic heterocycles. The maximum absolute atomic E-state index is 10.2. The van der Waals surface area contributed by atoms with Crippen LogP contribution in [-0.4, -0.2) is 90.0 Å². The van der Waals surface area contributed by atoms with Crippen LogP contribution in [0.3, 0.4) is 0 Å². The van der Waals surface area contributed by atoms with Crippen molar-refractivity contribution in [2.45, 2.75) is 140 Å². The number of hydrogen-bond acceptors (Lipinski definition) is 12. The van der Waals surface area contributed by atoms with E-state index in [1.165, 1.54) is 0 Å². The van der Waals surface area contributed by atoms with E-state index >= 15 is 0 Å². The van der Waals surface area contributed by atoms with Gasteiger partial charge in [-0.15, -0.1) is 0 Å². The Hall–Kier alpha value is -5.75. The molecule has 10 atom stereocenters. The van der Waals surface area contributed by atoms with Gasteiger partial charge in [0.05, 0.1) is 60.0 Å². The van der Waals surface area contributed by atoms with Crippen molar-refractivity contribution in [1.82, 2.24) is 0 Å². The van der Waals surface area contributed by atoms with Crippen LogP contribution in [0.1, 0.15) is 54.2 Å². The fourth-order valence-corrected chi connectivity index (χ4v) is 10.0. The average molecular weight is 1050 g/mol. The van der Waals surface area contributed by atoms with Crippen LogP contribution in [0.15, 0.2) is 181 Å². The van der Waals surface area contributed by atoms with Crippen molar-refractivity contribution in [2.75, 3.05) is 20.3 Å². The quantitative estimate of drug-likeness (QED) is 0.0221. The van der Waals surface area contributed by atoms with Crippen molar-refractivity contribution in [1.29, 1.82) is 0 Å². The highest BCUT2D eigenvalue weighted by molar-refractivity contribution is 6.74. The highest BCUT2D eigenvalue weighted by Gasteiger charge is 2.53. The van der Waals surface area contributed by atoms with E-state index in [1.807, 2.05) is 176 Å². The Morgan fingerprint density at radius 1 is 0.461 bits per heavy atom. The summed E-state index contributed by atoms with van der Waals surface area (Å²) in [5.41, 5.74) is 15.9. The Bertz CT molecular complexity index is 2650. The van der Waals surface area contributed by atoms with Gasteiger partial charge in [0.25, 0.3) is 0 Å².